The van der Waals surface area contributed by atoms with Crippen molar-refractivity contribution in [1.29, 1.82) is 0 Å². The Morgan fingerprint density at radius 2 is 0.792 bits per heavy atom. The van der Waals surface area contributed by atoms with Gasteiger partial charge in [0.1, 0.15) is 6.16 Å². The molecule has 0 aliphatic carbocycles. The molecule has 258 valence electrons. The Hall–Kier alpha value is -2.98. The Bertz CT molecular complexity index is 1530. The van der Waals surface area contributed by atoms with Crippen molar-refractivity contribution < 1.29 is 53.2 Å². The maximum Gasteiger partial charge on any atom is 0.267 e. The first kappa shape index (κ1) is 37.8. The highest BCUT2D eigenvalue weighted by Crippen LogP contribution is 2.45. The van der Waals surface area contributed by atoms with Gasteiger partial charge in [-0.2, -0.15) is 0 Å². The minimum atomic E-state index is -2.24. The van der Waals surface area contributed by atoms with Crippen molar-refractivity contribution in [1.82, 2.24) is 0 Å². The summed E-state index contributed by atoms with van der Waals surface area (Å²) in [7, 11) is -3.00. The predicted molar refractivity (Wildman–Crippen MR) is 172 cm³/mol. The highest BCUT2D eigenvalue weighted by Gasteiger charge is 2.35. The molecule has 0 saturated carbocycles. The molecule has 0 aliphatic heterocycles. The summed E-state index contributed by atoms with van der Waals surface area (Å²) in [6, 6.07) is 10.6. The van der Waals surface area contributed by atoms with E-state index in [1.165, 1.54) is 48.5 Å². The van der Waals surface area contributed by atoms with Crippen molar-refractivity contribution in [2.75, 3.05) is 26.4 Å². The zero-order valence-corrected chi connectivity index (χ0v) is 28.4. The van der Waals surface area contributed by atoms with Gasteiger partial charge in [0.15, 0.2) is 54.9 Å². The minimum Gasteiger partial charge on any atom is -0.334 e. The summed E-state index contributed by atoms with van der Waals surface area (Å²) in [6.07, 6.45) is 0.682. The molecule has 0 fully saturated rings. The summed E-state index contributed by atoms with van der Waals surface area (Å²) < 4.78 is 145. The zero-order chi connectivity index (χ0) is 35.1. The molecule has 0 aromatic heterocycles. The first-order chi connectivity index (χ1) is 23.0. The molecule has 4 nitrogen and oxygen atoms in total. The Balaban J connectivity index is 1.72. The van der Waals surface area contributed by atoms with Crippen molar-refractivity contribution in [3.63, 3.8) is 0 Å². The molecule has 4 aromatic rings. The van der Waals surface area contributed by atoms with Crippen molar-refractivity contribution in [2.24, 2.45) is 0 Å². The van der Waals surface area contributed by atoms with E-state index >= 15 is 35.1 Å². The highest BCUT2D eigenvalue weighted by atomic mass is 31.2. The van der Waals surface area contributed by atoms with E-state index in [-0.39, 0.29) is 11.1 Å². The van der Waals surface area contributed by atoms with E-state index in [4.69, 9.17) is 18.1 Å². The molecular formula is C34H33F8O4P2+. The monoisotopic (exact) mass is 719 g/mol. The van der Waals surface area contributed by atoms with E-state index in [0.717, 1.165) is 0 Å². The SMILES string of the molecule is CCOP(Cc1ccc(-c2c(F)c(F)c(-c3c(F)c(F)c(-c4ccc(C[PH+](OCC)OCC)cc4)c(F)c3F)c(F)c2F)cc1)OCC. The minimum absolute atomic E-state index is 0.299. The van der Waals surface area contributed by atoms with Crippen LogP contribution in [-0.2, 0) is 30.4 Å². The summed E-state index contributed by atoms with van der Waals surface area (Å²) in [6.45, 7) is 8.76. The fourth-order valence-corrected chi connectivity index (χ4v) is 7.82. The third kappa shape index (κ3) is 8.07. The van der Waals surface area contributed by atoms with Crippen LogP contribution in [0.1, 0.15) is 38.8 Å². The lowest BCUT2D eigenvalue weighted by Gasteiger charge is -2.17. The van der Waals surface area contributed by atoms with E-state index in [2.05, 4.69) is 0 Å². The summed E-state index contributed by atoms with van der Waals surface area (Å²) in [5, 5.41) is 0. The average molecular weight is 720 g/mol. The van der Waals surface area contributed by atoms with Crippen LogP contribution in [0.25, 0.3) is 33.4 Å². The summed E-state index contributed by atoms with van der Waals surface area (Å²) in [5.74, 6) is -17.0. The smallest absolute Gasteiger partial charge is 0.267 e. The van der Waals surface area contributed by atoms with Gasteiger partial charge in [-0.15, -0.1) is 0 Å². The number of hydrogen-bond acceptors (Lipinski definition) is 4. The molecule has 0 amide bonds. The van der Waals surface area contributed by atoms with Gasteiger partial charge in [-0.05, 0) is 49.9 Å². The third-order valence-electron chi connectivity index (χ3n) is 7.08. The zero-order valence-electron chi connectivity index (χ0n) is 26.5. The Kier molecular flexibility index (Phi) is 13.5. The number of benzene rings is 4. The van der Waals surface area contributed by atoms with Crippen LogP contribution in [0, 0.1) is 46.5 Å². The Morgan fingerprint density at radius 1 is 0.458 bits per heavy atom. The highest BCUT2D eigenvalue weighted by molar-refractivity contribution is 7.46. The largest absolute Gasteiger partial charge is 0.334 e. The van der Waals surface area contributed by atoms with E-state index < -0.39 is 85.5 Å². The Morgan fingerprint density at radius 3 is 1.12 bits per heavy atom. The molecule has 0 unspecified atom stereocenters. The maximum absolute atomic E-state index is 15.4. The van der Waals surface area contributed by atoms with Crippen molar-refractivity contribution in [2.45, 2.75) is 40.0 Å². The standard InChI is InChI=1S/C34H32F8O4P2/c1-5-43-47(44-6-2)17-19-9-13-21(14-10-19)23-27(35)31(39)25(32(40)28(23)36)26-33(41)29(37)24(30(38)34(26)42)22-15-11-20(12-16-22)18-48(45-7-3)46-8-4/h9-16H,5-8,17-18H2,1-4H3/p+1. The second-order valence-corrected chi connectivity index (χ2v) is 13.3. The summed E-state index contributed by atoms with van der Waals surface area (Å²) >= 11 is 0. The van der Waals surface area contributed by atoms with Crippen LogP contribution in [-0.4, -0.2) is 26.4 Å². The van der Waals surface area contributed by atoms with E-state index in [0.29, 0.717) is 49.9 Å². The van der Waals surface area contributed by atoms with Gasteiger partial charge in [0, 0.05) is 6.16 Å². The molecule has 14 heteroatoms. The summed E-state index contributed by atoms with van der Waals surface area (Å²) in [5.41, 5.74) is -5.52. The number of hydrogen-bond donors (Lipinski definition) is 0. The van der Waals surface area contributed by atoms with Crippen molar-refractivity contribution in [3.8, 4) is 33.4 Å². The lowest BCUT2D eigenvalue weighted by Crippen LogP contribution is -2.09. The van der Waals surface area contributed by atoms with Crippen LogP contribution in [0.4, 0.5) is 35.1 Å². The normalized spacial score (nSPS) is 11.7. The molecule has 48 heavy (non-hydrogen) atoms. The van der Waals surface area contributed by atoms with Crippen LogP contribution in [0.5, 0.6) is 0 Å². The van der Waals surface area contributed by atoms with Crippen LogP contribution >= 0.6 is 16.8 Å². The van der Waals surface area contributed by atoms with E-state index in [1.54, 1.807) is 27.7 Å². The van der Waals surface area contributed by atoms with Gasteiger partial charge in [-0.25, -0.2) is 44.2 Å². The lowest BCUT2D eigenvalue weighted by molar-refractivity contribution is 0.268. The second kappa shape index (κ2) is 17.1. The van der Waals surface area contributed by atoms with Crippen LogP contribution in [0.15, 0.2) is 48.5 Å². The predicted octanol–water partition coefficient (Wildman–Crippen LogP) is 11.3. The molecule has 0 saturated heterocycles. The van der Waals surface area contributed by atoms with E-state index in [1.807, 2.05) is 0 Å². The molecule has 0 heterocycles. The molecule has 4 aromatic carbocycles. The molecule has 0 spiro atoms. The van der Waals surface area contributed by atoms with Gasteiger partial charge in [0.05, 0.1) is 48.7 Å². The molecule has 0 bridgehead atoms. The van der Waals surface area contributed by atoms with Gasteiger partial charge in [0.25, 0.3) is 8.38 Å². The van der Waals surface area contributed by atoms with Gasteiger partial charge in [-0.3, -0.25) is 0 Å². The summed E-state index contributed by atoms with van der Waals surface area (Å²) in [4.78, 5) is 0. The van der Waals surface area contributed by atoms with Gasteiger partial charge in [-0.1, -0.05) is 48.5 Å². The topological polar surface area (TPSA) is 36.9 Å². The first-order valence-electron chi connectivity index (χ1n) is 15.0. The van der Waals surface area contributed by atoms with Crippen molar-refractivity contribution >= 4 is 16.8 Å². The fraction of sp³-hybridized carbons (Fsp3) is 0.294. The third-order valence-corrected chi connectivity index (χ3v) is 10.7. The average Bonchev–Trinajstić information content (AvgIpc) is 3.06. The molecule has 0 radical (unpaired) electrons. The number of rotatable bonds is 15. The number of halogens is 8. The molecule has 0 aliphatic rings. The lowest BCUT2D eigenvalue weighted by atomic mass is 9.93. The van der Waals surface area contributed by atoms with Gasteiger partial charge >= 0.3 is 0 Å². The maximum atomic E-state index is 15.4. The molecule has 4 rings (SSSR count). The quantitative estimate of drug-likeness (QED) is 0.0696. The first-order valence-corrected chi connectivity index (χ1v) is 17.9. The van der Waals surface area contributed by atoms with Crippen LogP contribution < -0.4 is 0 Å². The van der Waals surface area contributed by atoms with Crippen LogP contribution in [0.3, 0.4) is 0 Å². The fourth-order valence-electron chi connectivity index (χ4n) is 4.97. The molecular weight excluding hydrogens is 686 g/mol. The Labute approximate surface area is 275 Å². The van der Waals surface area contributed by atoms with Crippen molar-refractivity contribution in [3.05, 3.63) is 106 Å². The van der Waals surface area contributed by atoms with Gasteiger partial charge in [0.2, 0.25) is 0 Å². The van der Waals surface area contributed by atoms with Crippen LogP contribution in [0.2, 0.25) is 0 Å². The van der Waals surface area contributed by atoms with E-state index in [9.17, 15) is 0 Å². The van der Waals surface area contributed by atoms with Gasteiger partial charge < -0.3 is 9.05 Å². The molecule has 0 atom stereocenters. The second-order valence-electron chi connectivity index (χ2n) is 10.1. The molecule has 0 N–H and O–H groups in total.